The summed E-state index contributed by atoms with van der Waals surface area (Å²) in [6.45, 7) is 1.43. The Kier molecular flexibility index (Phi) is 3.69. The minimum atomic E-state index is -0.175. The Bertz CT molecular complexity index is 869. The third-order valence-corrected chi connectivity index (χ3v) is 3.58. The van der Waals surface area contributed by atoms with Crippen LogP contribution in [-0.4, -0.2) is 16.7 Å². The highest BCUT2D eigenvalue weighted by Crippen LogP contribution is 2.29. The lowest BCUT2D eigenvalue weighted by Crippen LogP contribution is -2.05. The van der Waals surface area contributed by atoms with E-state index in [1.807, 2.05) is 18.2 Å². The molecule has 22 heavy (non-hydrogen) atoms. The Morgan fingerprint density at radius 1 is 1.09 bits per heavy atom. The number of aromatic amines is 1. The van der Waals surface area contributed by atoms with E-state index < -0.39 is 0 Å². The largest absolute Gasteiger partial charge is 0.351 e. The second-order valence-corrected chi connectivity index (χ2v) is 5.39. The maximum absolute atomic E-state index is 12.4. The molecule has 0 aliphatic rings. The van der Waals surface area contributed by atoms with Gasteiger partial charge >= 0.3 is 0 Å². The molecule has 0 saturated carbocycles. The van der Waals surface area contributed by atoms with E-state index in [0.717, 1.165) is 5.39 Å². The smallest absolute Gasteiger partial charge is 0.221 e. The standard InChI is InChI=1S/C17H13ClN2O2/c1-10(21)19-13-7-12-8-15(20-16(12)14(18)9-13)17(22)11-5-3-2-4-6-11/h2-9,20H,1H3,(H,19,21). The first-order chi connectivity index (χ1) is 10.5. The first-order valence-electron chi connectivity index (χ1n) is 6.74. The van der Waals surface area contributed by atoms with Crippen molar-refractivity contribution in [2.75, 3.05) is 5.32 Å². The lowest BCUT2D eigenvalue weighted by molar-refractivity contribution is -0.114. The van der Waals surface area contributed by atoms with Crippen LogP contribution in [0.3, 0.4) is 0 Å². The van der Waals surface area contributed by atoms with Gasteiger partial charge in [0, 0.05) is 23.6 Å². The normalized spacial score (nSPS) is 10.6. The number of hydrogen-bond acceptors (Lipinski definition) is 2. The number of amides is 1. The molecule has 0 atom stereocenters. The number of H-pyrrole nitrogens is 1. The molecule has 0 saturated heterocycles. The highest BCUT2D eigenvalue weighted by molar-refractivity contribution is 6.35. The van der Waals surface area contributed by atoms with Gasteiger partial charge in [-0.2, -0.15) is 0 Å². The van der Waals surface area contributed by atoms with Crippen LogP contribution in [0.25, 0.3) is 10.9 Å². The molecule has 0 radical (unpaired) electrons. The predicted octanol–water partition coefficient (Wildman–Crippen LogP) is 4.01. The van der Waals surface area contributed by atoms with E-state index in [0.29, 0.717) is 27.5 Å². The molecular weight excluding hydrogens is 300 g/mol. The van der Waals surface area contributed by atoms with Gasteiger partial charge < -0.3 is 10.3 Å². The van der Waals surface area contributed by atoms with Gasteiger partial charge in [-0.3, -0.25) is 9.59 Å². The number of anilines is 1. The highest BCUT2D eigenvalue weighted by atomic mass is 35.5. The molecule has 5 heteroatoms. The fourth-order valence-electron chi connectivity index (χ4n) is 2.34. The van der Waals surface area contributed by atoms with Crippen LogP contribution in [0.2, 0.25) is 5.02 Å². The molecule has 110 valence electrons. The minimum absolute atomic E-state index is 0.103. The molecule has 0 aliphatic heterocycles. The van der Waals surface area contributed by atoms with E-state index in [2.05, 4.69) is 10.3 Å². The summed E-state index contributed by atoms with van der Waals surface area (Å²) in [6, 6.07) is 14.2. The zero-order valence-corrected chi connectivity index (χ0v) is 12.6. The number of hydrogen-bond donors (Lipinski definition) is 2. The van der Waals surface area contributed by atoms with Crippen molar-refractivity contribution in [2.45, 2.75) is 6.92 Å². The molecule has 4 nitrogen and oxygen atoms in total. The summed E-state index contributed by atoms with van der Waals surface area (Å²) in [6.07, 6.45) is 0. The van der Waals surface area contributed by atoms with Gasteiger partial charge in [0.1, 0.15) is 0 Å². The van der Waals surface area contributed by atoms with Crippen molar-refractivity contribution in [3.8, 4) is 0 Å². The van der Waals surface area contributed by atoms with E-state index in [1.165, 1.54) is 6.92 Å². The Labute approximate surface area is 132 Å². The van der Waals surface area contributed by atoms with Crippen molar-refractivity contribution in [1.82, 2.24) is 4.98 Å². The number of carbonyl (C=O) groups excluding carboxylic acids is 2. The second kappa shape index (κ2) is 5.66. The van der Waals surface area contributed by atoms with Crippen LogP contribution in [0.1, 0.15) is 23.0 Å². The molecule has 1 amide bonds. The Morgan fingerprint density at radius 2 is 1.82 bits per heavy atom. The SMILES string of the molecule is CC(=O)Nc1cc(Cl)c2[nH]c(C(=O)c3ccccc3)cc2c1. The van der Waals surface area contributed by atoms with Crippen LogP contribution in [0, 0.1) is 0 Å². The third-order valence-electron chi connectivity index (χ3n) is 3.28. The number of halogens is 1. The summed E-state index contributed by atoms with van der Waals surface area (Å²) < 4.78 is 0. The van der Waals surface area contributed by atoms with Crippen LogP contribution in [0.5, 0.6) is 0 Å². The molecule has 1 aromatic heterocycles. The number of ketones is 1. The average molecular weight is 313 g/mol. The van der Waals surface area contributed by atoms with Gasteiger partial charge in [-0.05, 0) is 18.2 Å². The molecule has 3 rings (SSSR count). The van der Waals surface area contributed by atoms with E-state index in [-0.39, 0.29) is 11.7 Å². The summed E-state index contributed by atoms with van der Waals surface area (Å²) in [5.41, 5.74) is 2.34. The molecule has 0 bridgehead atoms. The molecule has 2 N–H and O–H groups in total. The summed E-state index contributed by atoms with van der Waals surface area (Å²) >= 11 is 6.22. The molecule has 0 unspecified atom stereocenters. The quantitative estimate of drug-likeness (QED) is 0.718. The molecule has 1 heterocycles. The van der Waals surface area contributed by atoms with Gasteiger partial charge in [-0.25, -0.2) is 0 Å². The van der Waals surface area contributed by atoms with Crippen molar-refractivity contribution >= 4 is 39.9 Å². The highest BCUT2D eigenvalue weighted by Gasteiger charge is 2.14. The molecule has 0 spiro atoms. The maximum Gasteiger partial charge on any atom is 0.221 e. The van der Waals surface area contributed by atoms with Crippen LogP contribution < -0.4 is 5.32 Å². The lowest BCUT2D eigenvalue weighted by atomic mass is 10.1. The minimum Gasteiger partial charge on any atom is -0.351 e. The maximum atomic E-state index is 12.4. The van der Waals surface area contributed by atoms with Crippen molar-refractivity contribution in [3.05, 3.63) is 64.8 Å². The van der Waals surface area contributed by atoms with Gasteiger partial charge in [0.05, 0.1) is 16.2 Å². The summed E-state index contributed by atoms with van der Waals surface area (Å²) in [7, 11) is 0. The van der Waals surface area contributed by atoms with E-state index in [4.69, 9.17) is 11.6 Å². The third kappa shape index (κ3) is 2.73. The number of nitrogens with one attached hydrogen (secondary N) is 2. The topological polar surface area (TPSA) is 62.0 Å². The number of aromatic nitrogens is 1. The predicted molar refractivity (Wildman–Crippen MR) is 87.5 cm³/mol. The Balaban J connectivity index is 2.04. The first kappa shape index (κ1) is 14.4. The summed E-state index contributed by atoms with van der Waals surface area (Å²) in [5.74, 6) is -0.277. The van der Waals surface area contributed by atoms with Crippen LogP contribution in [0.4, 0.5) is 5.69 Å². The zero-order valence-electron chi connectivity index (χ0n) is 11.8. The number of carbonyl (C=O) groups is 2. The number of rotatable bonds is 3. The Hall–Kier alpha value is -2.59. The summed E-state index contributed by atoms with van der Waals surface area (Å²) in [4.78, 5) is 26.6. The number of fused-ring (bicyclic) bond motifs is 1. The lowest BCUT2D eigenvalue weighted by Gasteiger charge is -2.03. The van der Waals surface area contributed by atoms with E-state index in [9.17, 15) is 9.59 Å². The average Bonchev–Trinajstić information content (AvgIpc) is 2.91. The molecule has 0 aliphatic carbocycles. The van der Waals surface area contributed by atoms with Crippen molar-refractivity contribution in [3.63, 3.8) is 0 Å². The van der Waals surface area contributed by atoms with Crippen molar-refractivity contribution < 1.29 is 9.59 Å². The molecular formula is C17H13ClN2O2. The second-order valence-electron chi connectivity index (χ2n) is 4.98. The number of benzene rings is 2. The van der Waals surface area contributed by atoms with Crippen LogP contribution >= 0.6 is 11.6 Å². The Morgan fingerprint density at radius 3 is 2.50 bits per heavy atom. The van der Waals surface area contributed by atoms with E-state index in [1.54, 1.807) is 30.3 Å². The van der Waals surface area contributed by atoms with Crippen molar-refractivity contribution in [2.24, 2.45) is 0 Å². The van der Waals surface area contributed by atoms with Crippen molar-refractivity contribution in [1.29, 1.82) is 0 Å². The first-order valence-corrected chi connectivity index (χ1v) is 7.12. The fraction of sp³-hybridized carbons (Fsp3) is 0.0588. The zero-order chi connectivity index (χ0) is 15.7. The van der Waals surface area contributed by atoms with Gasteiger partial charge in [0.15, 0.2) is 0 Å². The van der Waals surface area contributed by atoms with Crippen LogP contribution in [0.15, 0.2) is 48.5 Å². The van der Waals surface area contributed by atoms with Gasteiger partial charge in [0.2, 0.25) is 11.7 Å². The van der Waals surface area contributed by atoms with Gasteiger partial charge in [-0.15, -0.1) is 0 Å². The van der Waals surface area contributed by atoms with Gasteiger partial charge in [-0.1, -0.05) is 41.9 Å². The molecule has 0 fully saturated rings. The monoisotopic (exact) mass is 312 g/mol. The summed E-state index contributed by atoms with van der Waals surface area (Å²) in [5, 5.41) is 3.91. The van der Waals surface area contributed by atoms with E-state index >= 15 is 0 Å². The molecule has 3 aromatic rings. The fourth-order valence-corrected chi connectivity index (χ4v) is 2.62. The molecule has 2 aromatic carbocycles. The van der Waals surface area contributed by atoms with Gasteiger partial charge in [0.25, 0.3) is 0 Å². The van der Waals surface area contributed by atoms with Crippen LogP contribution in [-0.2, 0) is 4.79 Å².